The van der Waals surface area contributed by atoms with Crippen molar-refractivity contribution >= 4 is 11.3 Å². The zero-order valence-electron chi connectivity index (χ0n) is 12.2. The van der Waals surface area contributed by atoms with Gasteiger partial charge in [0.25, 0.3) is 0 Å². The lowest BCUT2D eigenvalue weighted by Crippen LogP contribution is -1.98. The summed E-state index contributed by atoms with van der Waals surface area (Å²) >= 11 is 1.42. The minimum Gasteiger partial charge on any atom is -0.486 e. The van der Waals surface area contributed by atoms with Crippen molar-refractivity contribution in [2.24, 2.45) is 0 Å². The van der Waals surface area contributed by atoms with Crippen LogP contribution in [0, 0.1) is 25.2 Å². The van der Waals surface area contributed by atoms with Crippen molar-refractivity contribution in [1.82, 2.24) is 4.98 Å². The fourth-order valence-corrected chi connectivity index (χ4v) is 2.86. The molecule has 0 aliphatic rings. The Hall–Kier alpha value is -1.86. The highest BCUT2D eigenvalue weighted by molar-refractivity contribution is 7.12. The molecule has 0 fully saturated rings. The van der Waals surface area contributed by atoms with E-state index in [4.69, 9.17) is 10.00 Å². The van der Waals surface area contributed by atoms with Gasteiger partial charge in [0.2, 0.25) is 0 Å². The van der Waals surface area contributed by atoms with E-state index >= 15 is 0 Å². The topological polar surface area (TPSA) is 45.9 Å². The van der Waals surface area contributed by atoms with E-state index in [2.05, 4.69) is 24.0 Å². The Bertz CT molecular complexity index is 653. The van der Waals surface area contributed by atoms with E-state index in [0.29, 0.717) is 11.5 Å². The largest absolute Gasteiger partial charge is 0.486 e. The highest BCUT2D eigenvalue weighted by atomic mass is 32.1. The van der Waals surface area contributed by atoms with Crippen molar-refractivity contribution in [3.63, 3.8) is 0 Å². The van der Waals surface area contributed by atoms with Gasteiger partial charge in [0.15, 0.2) is 0 Å². The first-order valence-corrected chi connectivity index (χ1v) is 7.43. The zero-order chi connectivity index (χ0) is 14.7. The quantitative estimate of drug-likeness (QED) is 0.840. The van der Waals surface area contributed by atoms with Gasteiger partial charge >= 0.3 is 0 Å². The third kappa shape index (κ3) is 3.00. The molecule has 2 aromatic rings. The molecule has 0 aliphatic carbocycles. The lowest BCUT2D eigenvalue weighted by molar-refractivity contribution is 0.303. The summed E-state index contributed by atoms with van der Waals surface area (Å²) in [6.07, 6.45) is 0. The maximum absolute atomic E-state index is 9.13. The van der Waals surface area contributed by atoms with Crippen LogP contribution < -0.4 is 4.74 Å². The SMILES string of the molecule is Cc1cccc(OCc2nc(C(C)C)c(C#N)s2)c1C. The zero-order valence-corrected chi connectivity index (χ0v) is 13.0. The molecule has 1 aromatic heterocycles. The van der Waals surface area contributed by atoms with E-state index in [1.165, 1.54) is 16.9 Å². The molecule has 1 aromatic carbocycles. The van der Waals surface area contributed by atoms with Crippen LogP contribution in [0.4, 0.5) is 0 Å². The van der Waals surface area contributed by atoms with Gasteiger partial charge in [0.1, 0.15) is 28.3 Å². The first kappa shape index (κ1) is 14.5. The van der Waals surface area contributed by atoms with E-state index in [-0.39, 0.29) is 5.92 Å². The summed E-state index contributed by atoms with van der Waals surface area (Å²) in [7, 11) is 0. The van der Waals surface area contributed by atoms with Gasteiger partial charge < -0.3 is 4.74 Å². The molecule has 0 N–H and O–H groups in total. The van der Waals surface area contributed by atoms with Gasteiger partial charge in [-0.2, -0.15) is 5.26 Å². The normalized spacial score (nSPS) is 10.6. The van der Waals surface area contributed by atoms with Crippen LogP contribution in [0.25, 0.3) is 0 Å². The molecular weight excluding hydrogens is 268 g/mol. The summed E-state index contributed by atoms with van der Waals surface area (Å²) in [5.74, 6) is 1.14. The number of nitriles is 1. The number of hydrogen-bond acceptors (Lipinski definition) is 4. The van der Waals surface area contributed by atoms with Crippen LogP contribution in [0.1, 0.15) is 46.5 Å². The average Bonchev–Trinajstić information content (AvgIpc) is 2.84. The van der Waals surface area contributed by atoms with Gasteiger partial charge in [-0.3, -0.25) is 0 Å². The highest BCUT2D eigenvalue weighted by Crippen LogP contribution is 2.26. The summed E-state index contributed by atoms with van der Waals surface area (Å²) in [4.78, 5) is 5.21. The number of aromatic nitrogens is 1. The summed E-state index contributed by atoms with van der Waals surface area (Å²) in [6.45, 7) is 8.62. The Morgan fingerprint density at radius 1 is 1.35 bits per heavy atom. The van der Waals surface area contributed by atoms with Crippen molar-refractivity contribution in [2.45, 2.75) is 40.2 Å². The Labute approximate surface area is 123 Å². The molecule has 0 radical (unpaired) electrons. The van der Waals surface area contributed by atoms with E-state index in [0.717, 1.165) is 22.0 Å². The molecule has 0 amide bonds. The molecule has 0 saturated carbocycles. The first-order chi connectivity index (χ1) is 9.52. The third-order valence-corrected chi connectivity index (χ3v) is 4.20. The number of benzene rings is 1. The van der Waals surface area contributed by atoms with Crippen LogP contribution in [0.3, 0.4) is 0 Å². The smallest absolute Gasteiger partial charge is 0.140 e. The van der Waals surface area contributed by atoms with E-state index in [9.17, 15) is 0 Å². The van der Waals surface area contributed by atoms with Crippen molar-refractivity contribution in [3.05, 3.63) is 44.9 Å². The van der Waals surface area contributed by atoms with Crippen LogP contribution >= 0.6 is 11.3 Å². The van der Waals surface area contributed by atoms with Crippen LogP contribution in [-0.2, 0) is 6.61 Å². The molecule has 1 heterocycles. The monoisotopic (exact) mass is 286 g/mol. The molecule has 3 nitrogen and oxygen atoms in total. The molecule has 0 bridgehead atoms. The van der Waals surface area contributed by atoms with E-state index < -0.39 is 0 Å². The second-order valence-corrected chi connectivity index (χ2v) is 6.16. The molecule has 0 spiro atoms. The number of ether oxygens (including phenoxy) is 1. The number of thiazole rings is 1. The fraction of sp³-hybridized carbons (Fsp3) is 0.375. The summed E-state index contributed by atoms with van der Waals surface area (Å²) in [5.41, 5.74) is 3.23. The van der Waals surface area contributed by atoms with E-state index in [1.54, 1.807) is 0 Å². The predicted octanol–water partition coefficient (Wildman–Crippen LogP) is 4.33. The maximum atomic E-state index is 9.13. The van der Waals surface area contributed by atoms with Crippen LogP contribution in [0.2, 0.25) is 0 Å². The molecule has 0 unspecified atom stereocenters. The van der Waals surface area contributed by atoms with Gasteiger partial charge in [0.05, 0.1) is 5.69 Å². The third-order valence-electron chi connectivity index (χ3n) is 3.25. The number of aryl methyl sites for hydroxylation is 1. The Kier molecular flexibility index (Phi) is 4.41. The molecule has 0 atom stereocenters. The molecule has 0 aliphatic heterocycles. The molecule has 104 valence electrons. The van der Waals surface area contributed by atoms with E-state index in [1.807, 2.05) is 32.9 Å². The number of nitrogens with zero attached hydrogens (tertiary/aromatic N) is 2. The van der Waals surface area contributed by atoms with Gasteiger partial charge in [-0.25, -0.2) is 4.98 Å². The molecule has 20 heavy (non-hydrogen) atoms. The lowest BCUT2D eigenvalue weighted by atomic mass is 10.1. The lowest BCUT2D eigenvalue weighted by Gasteiger charge is -2.09. The predicted molar refractivity (Wildman–Crippen MR) is 81.2 cm³/mol. The fourth-order valence-electron chi connectivity index (χ4n) is 1.93. The summed E-state index contributed by atoms with van der Waals surface area (Å²) < 4.78 is 5.83. The van der Waals surface area contributed by atoms with Crippen LogP contribution in [0.15, 0.2) is 18.2 Å². The van der Waals surface area contributed by atoms with Gasteiger partial charge in [0, 0.05) is 0 Å². The Balaban J connectivity index is 2.16. The van der Waals surface area contributed by atoms with Crippen molar-refractivity contribution < 1.29 is 4.74 Å². The maximum Gasteiger partial charge on any atom is 0.140 e. The van der Waals surface area contributed by atoms with Crippen molar-refractivity contribution in [2.75, 3.05) is 0 Å². The number of rotatable bonds is 4. The highest BCUT2D eigenvalue weighted by Gasteiger charge is 2.14. The van der Waals surface area contributed by atoms with Gasteiger partial charge in [-0.15, -0.1) is 11.3 Å². The second-order valence-electron chi connectivity index (χ2n) is 5.08. The standard InChI is InChI=1S/C16H18N2OS/c1-10(2)16-14(8-17)20-15(18-16)9-19-13-7-5-6-11(3)12(13)4/h5-7,10H,9H2,1-4H3. The van der Waals surface area contributed by atoms with Crippen molar-refractivity contribution in [3.8, 4) is 11.8 Å². The number of hydrogen-bond donors (Lipinski definition) is 0. The average molecular weight is 286 g/mol. The molecular formula is C16H18N2OS. The summed E-state index contributed by atoms with van der Waals surface area (Å²) in [6, 6.07) is 8.23. The first-order valence-electron chi connectivity index (χ1n) is 6.61. The van der Waals surface area contributed by atoms with Gasteiger partial charge in [-0.05, 0) is 37.0 Å². The molecule has 4 heteroatoms. The molecule has 0 saturated heterocycles. The minimum absolute atomic E-state index is 0.260. The molecule has 2 rings (SSSR count). The van der Waals surface area contributed by atoms with Crippen molar-refractivity contribution in [1.29, 1.82) is 5.26 Å². The van der Waals surface area contributed by atoms with Crippen LogP contribution in [0.5, 0.6) is 5.75 Å². The minimum atomic E-state index is 0.260. The van der Waals surface area contributed by atoms with Gasteiger partial charge in [-0.1, -0.05) is 26.0 Å². The second kappa shape index (κ2) is 6.06. The Morgan fingerprint density at radius 3 is 2.70 bits per heavy atom. The summed E-state index contributed by atoms with van der Waals surface area (Å²) in [5, 5.41) is 9.98. The van der Waals surface area contributed by atoms with Crippen LogP contribution in [-0.4, -0.2) is 4.98 Å². The Morgan fingerprint density at radius 2 is 2.10 bits per heavy atom.